The van der Waals surface area contributed by atoms with Gasteiger partial charge < -0.3 is 14.8 Å². The first kappa shape index (κ1) is 12.3. The van der Waals surface area contributed by atoms with Gasteiger partial charge in [-0.25, -0.2) is 0 Å². The lowest BCUT2D eigenvalue weighted by Gasteiger charge is -2.18. The zero-order chi connectivity index (χ0) is 11.3. The highest BCUT2D eigenvalue weighted by Gasteiger charge is 2.28. The molecule has 0 fully saturated rings. The van der Waals surface area contributed by atoms with E-state index in [1.807, 2.05) is 6.08 Å². The first-order valence-electron chi connectivity index (χ1n) is 4.67. The Bertz CT molecular complexity index is 228. The molecule has 0 aromatic rings. The Balaban J connectivity index is 2.28. The number of rotatable bonds is 5. The topological polar surface area (TPSA) is 30.5 Å². The van der Waals surface area contributed by atoms with E-state index in [2.05, 4.69) is 10.1 Å². The van der Waals surface area contributed by atoms with Gasteiger partial charge in [0.1, 0.15) is 12.4 Å². The van der Waals surface area contributed by atoms with Gasteiger partial charge in [0.2, 0.25) is 0 Å². The maximum absolute atomic E-state index is 11.8. The van der Waals surface area contributed by atoms with E-state index in [-0.39, 0.29) is 12.6 Å². The number of likely N-dealkylation sites (N-methyl/N-ethyl adjacent to an activating group) is 1. The number of ether oxygens (including phenoxy) is 2. The average Bonchev–Trinajstić information content (AvgIpc) is 2.63. The molecule has 1 aliphatic rings. The normalized spacial score (nSPS) is 18.5. The summed E-state index contributed by atoms with van der Waals surface area (Å²) in [6.45, 7) is -0.674. The van der Waals surface area contributed by atoms with Crippen molar-refractivity contribution in [1.82, 2.24) is 5.32 Å². The number of hydrogen-bond donors (Lipinski definition) is 1. The molecule has 0 spiro atoms. The van der Waals surface area contributed by atoms with Crippen molar-refractivity contribution in [2.45, 2.75) is 18.6 Å². The smallest absolute Gasteiger partial charge is 0.411 e. The quantitative estimate of drug-likeness (QED) is 0.768. The number of hydrogen-bond acceptors (Lipinski definition) is 3. The molecule has 3 nitrogen and oxygen atoms in total. The minimum Gasteiger partial charge on any atom is -0.496 e. The second-order valence-corrected chi connectivity index (χ2v) is 3.22. The molecule has 0 bridgehead atoms. The Morgan fingerprint density at radius 1 is 1.60 bits per heavy atom. The third kappa shape index (κ3) is 4.53. The first-order chi connectivity index (χ1) is 7.03. The molecule has 0 saturated heterocycles. The molecule has 0 aliphatic carbocycles. The number of halogens is 3. The van der Waals surface area contributed by atoms with Crippen LogP contribution in [0, 0.1) is 0 Å². The summed E-state index contributed by atoms with van der Waals surface area (Å²) in [6, 6.07) is -0.296. The Morgan fingerprint density at radius 3 is 2.80 bits per heavy atom. The number of alkyl halides is 3. The van der Waals surface area contributed by atoms with Crippen LogP contribution < -0.4 is 5.32 Å². The van der Waals surface area contributed by atoms with Crippen LogP contribution in [0.25, 0.3) is 0 Å². The maximum Gasteiger partial charge on any atom is 0.411 e. The standard InChI is InChI=1S/C9H14F3NO2/c1-13-7(8-3-2-4-15-8)5-14-6-9(10,11)12/h3,7,13H,2,4-6H2,1H3. The zero-order valence-electron chi connectivity index (χ0n) is 8.43. The fourth-order valence-corrected chi connectivity index (χ4v) is 1.28. The largest absolute Gasteiger partial charge is 0.496 e. The Kier molecular flexibility index (Phi) is 4.41. The molecule has 1 N–H and O–H groups in total. The van der Waals surface area contributed by atoms with Crippen molar-refractivity contribution in [3.63, 3.8) is 0 Å². The van der Waals surface area contributed by atoms with Crippen LogP contribution in [0.5, 0.6) is 0 Å². The molecule has 88 valence electrons. The molecule has 0 radical (unpaired) electrons. The highest BCUT2D eigenvalue weighted by Crippen LogP contribution is 2.17. The summed E-state index contributed by atoms with van der Waals surface area (Å²) in [6.07, 6.45) is -1.62. The van der Waals surface area contributed by atoms with Gasteiger partial charge in [-0.05, 0) is 13.1 Å². The molecule has 6 heteroatoms. The molecule has 1 aliphatic heterocycles. The molecule has 1 unspecified atom stereocenters. The Hall–Kier alpha value is -0.750. The SMILES string of the molecule is CNC(COCC(F)(F)F)C1=CCCO1. The molecule has 1 atom stereocenters. The Labute approximate surface area is 86.2 Å². The van der Waals surface area contributed by atoms with Gasteiger partial charge >= 0.3 is 6.18 Å². The van der Waals surface area contributed by atoms with E-state index in [1.54, 1.807) is 7.05 Å². The minimum absolute atomic E-state index is 0.0398. The van der Waals surface area contributed by atoms with Crippen LogP contribution in [0.4, 0.5) is 13.2 Å². The third-order valence-electron chi connectivity index (χ3n) is 1.97. The van der Waals surface area contributed by atoms with Gasteiger partial charge in [-0.2, -0.15) is 13.2 Å². The van der Waals surface area contributed by atoms with Crippen LogP contribution in [0.15, 0.2) is 11.8 Å². The van der Waals surface area contributed by atoms with Gasteiger partial charge in [-0.3, -0.25) is 0 Å². The van der Waals surface area contributed by atoms with Crippen molar-refractivity contribution in [3.8, 4) is 0 Å². The fraction of sp³-hybridized carbons (Fsp3) is 0.778. The summed E-state index contributed by atoms with van der Waals surface area (Å²) in [5, 5.41) is 2.84. The molecular weight excluding hydrogens is 211 g/mol. The average molecular weight is 225 g/mol. The van der Waals surface area contributed by atoms with Gasteiger partial charge in [0.05, 0.1) is 19.3 Å². The molecule has 0 aromatic heterocycles. The van der Waals surface area contributed by atoms with Crippen LogP contribution >= 0.6 is 0 Å². The summed E-state index contributed by atoms with van der Waals surface area (Å²) in [5.41, 5.74) is 0. The van der Waals surface area contributed by atoms with Crippen molar-refractivity contribution < 1.29 is 22.6 Å². The monoisotopic (exact) mass is 225 g/mol. The van der Waals surface area contributed by atoms with Gasteiger partial charge in [-0.1, -0.05) is 0 Å². The van der Waals surface area contributed by atoms with Crippen LogP contribution in [0.2, 0.25) is 0 Å². The molecule has 0 aromatic carbocycles. The number of nitrogens with one attached hydrogen (secondary N) is 1. The predicted octanol–water partition coefficient (Wildman–Crippen LogP) is 1.46. The highest BCUT2D eigenvalue weighted by atomic mass is 19.4. The summed E-state index contributed by atoms with van der Waals surface area (Å²) in [4.78, 5) is 0. The minimum atomic E-state index is -4.27. The first-order valence-corrected chi connectivity index (χ1v) is 4.67. The predicted molar refractivity (Wildman–Crippen MR) is 48.4 cm³/mol. The van der Waals surface area contributed by atoms with Crippen molar-refractivity contribution in [1.29, 1.82) is 0 Å². The molecular formula is C9H14F3NO2. The van der Waals surface area contributed by atoms with E-state index >= 15 is 0 Å². The zero-order valence-corrected chi connectivity index (χ0v) is 8.43. The maximum atomic E-state index is 11.8. The lowest BCUT2D eigenvalue weighted by Crippen LogP contribution is -2.34. The van der Waals surface area contributed by atoms with Crippen molar-refractivity contribution in [2.24, 2.45) is 0 Å². The third-order valence-corrected chi connectivity index (χ3v) is 1.97. The molecule has 1 heterocycles. The lowest BCUT2D eigenvalue weighted by atomic mass is 10.2. The van der Waals surface area contributed by atoms with Crippen molar-refractivity contribution >= 4 is 0 Å². The van der Waals surface area contributed by atoms with Crippen molar-refractivity contribution in [3.05, 3.63) is 11.8 Å². The molecule has 15 heavy (non-hydrogen) atoms. The van der Waals surface area contributed by atoms with E-state index in [1.165, 1.54) is 0 Å². The summed E-state index contributed by atoms with van der Waals surface area (Å²) < 4.78 is 45.2. The Morgan fingerprint density at radius 2 is 2.33 bits per heavy atom. The summed E-state index contributed by atoms with van der Waals surface area (Å²) >= 11 is 0. The van der Waals surface area contributed by atoms with E-state index in [4.69, 9.17) is 4.74 Å². The fourth-order valence-electron chi connectivity index (χ4n) is 1.28. The van der Waals surface area contributed by atoms with E-state index < -0.39 is 12.8 Å². The second kappa shape index (κ2) is 5.37. The van der Waals surface area contributed by atoms with Gasteiger partial charge in [0.15, 0.2) is 0 Å². The van der Waals surface area contributed by atoms with Gasteiger partial charge in [-0.15, -0.1) is 0 Å². The second-order valence-electron chi connectivity index (χ2n) is 3.22. The molecule has 1 rings (SSSR count). The van der Waals surface area contributed by atoms with Crippen LogP contribution in [-0.4, -0.2) is 39.1 Å². The molecule has 0 amide bonds. The molecule has 0 saturated carbocycles. The lowest BCUT2D eigenvalue weighted by molar-refractivity contribution is -0.175. The van der Waals surface area contributed by atoms with Crippen molar-refractivity contribution in [2.75, 3.05) is 26.9 Å². The van der Waals surface area contributed by atoms with Crippen LogP contribution in [-0.2, 0) is 9.47 Å². The van der Waals surface area contributed by atoms with Gasteiger partial charge in [0, 0.05) is 6.42 Å². The van der Waals surface area contributed by atoms with Crippen LogP contribution in [0.3, 0.4) is 0 Å². The van der Waals surface area contributed by atoms with E-state index in [9.17, 15) is 13.2 Å². The highest BCUT2D eigenvalue weighted by molar-refractivity contribution is 5.06. The summed E-state index contributed by atoms with van der Waals surface area (Å²) in [5.74, 6) is 0.666. The summed E-state index contributed by atoms with van der Waals surface area (Å²) in [7, 11) is 1.66. The van der Waals surface area contributed by atoms with Gasteiger partial charge in [0.25, 0.3) is 0 Å². The van der Waals surface area contributed by atoms with Crippen LogP contribution in [0.1, 0.15) is 6.42 Å². The van der Waals surface area contributed by atoms with E-state index in [0.717, 1.165) is 6.42 Å². The van der Waals surface area contributed by atoms with E-state index in [0.29, 0.717) is 12.4 Å².